The zero-order chi connectivity index (χ0) is 19.2. The summed E-state index contributed by atoms with van der Waals surface area (Å²) in [6, 6.07) is 18.6. The Morgan fingerprint density at radius 3 is 2.04 bits per heavy atom. The van der Waals surface area contributed by atoms with Crippen molar-refractivity contribution in [3.63, 3.8) is 0 Å². The Morgan fingerprint density at radius 1 is 0.741 bits per heavy atom. The number of hydrogen-bond donors (Lipinski definition) is 0. The van der Waals surface area contributed by atoms with Crippen LogP contribution in [-0.2, 0) is 6.42 Å². The van der Waals surface area contributed by atoms with Gasteiger partial charge in [0, 0.05) is 6.21 Å². The predicted octanol–water partition coefficient (Wildman–Crippen LogP) is 7.86. The van der Waals surface area contributed by atoms with Crippen molar-refractivity contribution in [3.05, 3.63) is 60.2 Å². The second-order valence-corrected chi connectivity index (χ2v) is 7.24. The molecule has 2 heteroatoms. The Labute approximate surface area is 165 Å². The molecule has 0 radical (unpaired) electrons. The molecule has 2 aromatic rings. The summed E-state index contributed by atoms with van der Waals surface area (Å²) in [5.41, 5.74) is 4.27. The van der Waals surface area contributed by atoms with Crippen molar-refractivity contribution in [2.45, 2.75) is 71.6 Å². The lowest BCUT2D eigenvalue weighted by Crippen LogP contribution is -1.91. The topological polar surface area (TPSA) is 24.7 Å². The van der Waals surface area contributed by atoms with Gasteiger partial charge in [0.1, 0.15) is 0 Å². The molecular formula is C25H34N2. The smallest absolute Gasteiger partial charge is 0.0633 e. The van der Waals surface area contributed by atoms with Crippen molar-refractivity contribution in [1.82, 2.24) is 0 Å². The van der Waals surface area contributed by atoms with Gasteiger partial charge in [0.25, 0.3) is 0 Å². The zero-order valence-corrected chi connectivity index (χ0v) is 17.0. The molecule has 2 aromatic carbocycles. The Kier molecular flexibility index (Phi) is 10.2. The maximum Gasteiger partial charge on any atom is 0.0633 e. The van der Waals surface area contributed by atoms with Crippen LogP contribution < -0.4 is 0 Å². The van der Waals surface area contributed by atoms with Gasteiger partial charge in [-0.15, -0.1) is 0 Å². The molecule has 0 aliphatic heterocycles. The molecule has 0 fully saturated rings. The van der Waals surface area contributed by atoms with Gasteiger partial charge in [-0.3, -0.25) is 9.98 Å². The Balaban J connectivity index is 1.70. The molecule has 0 heterocycles. The Bertz CT molecular complexity index is 684. The van der Waals surface area contributed by atoms with Gasteiger partial charge < -0.3 is 0 Å². The zero-order valence-electron chi connectivity index (χ0n) is 17.0. The molecule has 2 nitrogen and oxygen atoms in total. The van der Waals surface area contributed by atoms with Crippen LogP contribution in [0.1, 0.15) is 70.8 Å². The number of hydrogen-bond acceptors (Lipinski definition) is 2. The lowest BCUT2D eigenvalue weighted by atomic mass is 10.0. The molecule has 0 saturated carbocycles. The van der Waals surface area contributed by atoms with Gasteiger partial charge in [0.2, 0.25) is 0 Å². The molecule has 0 aliphatic rings. The normalized spacial score (nSPS) is 12.0. The molecule has 0 spiro atoms. The average molecular weight is 363 g/mol. The van der Waals surface area contributed by atoms with E-state index in [1.807, 2.05) is 43.5 Å². The van der Waals surface area contributed by atoms with Crippen LogP contribution in [0.4, 0.5) is 11.4 Å². The minimum Gasteiger partial charge on any atom is -0.255 e. The third-order valence-electron chi connectivity index (χ3n) is 4.72. The maximum absolute atomic E-state index is 4.63. The van der Waals surface area contributed by atoms with Crippen molar-refractivity contribution < 1.29 is 0 Å². The standard InChI is InChI=1S/C25H34N2/c1-3-4-5-6-7-8-9-11-14-23-17-19-25(20-18-23)27-22(2)21-26-24-15-12-10-13-16-24/h10,12-13,15-21H,3-9,11,14H2,1-2H3. The predicted molar refractivity (Wildman–Crippen MR) is 120 cm³/mol. The van der Waals surface area contributed by atoms with Crippen LogP contribution in [0.3, 0.4) is 0 Å². The summed E-state index contributed by atoms with van der Waals surface area (Å²) in [7, 11) is 0. The molecule has 0 amide bonds. The quantitative estimate of drug-likeness (QED) is 0.271. The summed E-state index contributed by atoms with van der Waals surface area (Å²) >= 11 is 0. The van der Waals surface area contributed by atoms with Crippen LogP contribution >= 0.6 is 0 Å². The van der Waals surface area contributed by atoms with Gasteiger partial charge >= 0.3 is 0 Å². The van der Waals surface area contributed by atoms with Crippen LogP contribution in [0.25, 0.3) is 0 Å². The second-order valence-electron chi connectivity index (χ2n) is 7.24. The fourth-order valence-corrected chi connectivity index (χ4v) is 3.11. The van der Waals surface area contributed by atoms with E-state index < -0.39 is 0 Å². The molecule has 0 bridgehead atoms. The van der Waals surface area contributed by atoms with E-state index in [0.29, 0.717) is 0 Å². The van der Waals surface area contributed by atoms with Crippen LogP contribution in [0.15, 0.2) is 64.6 Å². The molecule has 0 N–H and O–H groups in total. The summed E-state index contributed by atoms with van der Waals surface area (Å²) < 4.78 is 0. The molecular weight excluding hydrogens is 328 g/mol. The SMILES string of the molecule is CCCCCCCCCCc1ccc(N=C(C)C=Nc2ccccc2)cc1. The van der Waals surface area contributed by atoms with E-state index in [2.05, 4.69) is 41.2 Å². The van der Waals surface area contributed by atoms with Crippen molar-refractivity contribution in [3.8, 4) is 0 Å². The first kappa shape index (κ1) is 21.1. The van der Waals surface area contributed by atoms with E-state index in [1.165, 1.54) is 63.4 Å². The van der Waals surface area contributed by atoms with Gasteiger partial charge in [0.05, 0.1) is 17.1 Å². The number of aryl methyl sites for hydroxylation is 1. The van der Waals surface area contributed by atoms with Crippen molar-refractivity contribution in [1.29, 1.82) is 0 Å². The summed E-state index contributed by atoms with van der Waals surface area (Å²) in [4.78, 5) is 9.07. The van der Waals surface area contributed by atoms with E-state index in [-0.39, 0.29) is 0 Å². The lowest BCUT2D eigenvalue weighted by Gasteiger charge is -2.03. The van der Waals surface area contributed by atoms with Gasteiger partial charge in [-0.2, -0.15) is 0 Å². The van der Waals surface area contributed by atoms with E-state index >= 15 is 0 Å². The van der Waals surface area contributed by atoms with Crippen molar-refractivity contribution in [2.24, 2.45) is 9.98 Å². The lowest BCUT2D eigenvalue weighted by molar-refractivity contribution is 0.575. The fraction of sp³-hybridized carbons (Fsp3) is 0.440. The highest BCUT2D eigenvalue weighted by Crippen LogP contribution is 2.16. The van der Waals surface area contributed by atoms with E-state index in [4.69, 9.17) is 0 Å². The molecule has 144 valence electrons. The number of rotatable bonds is 12. The first-order chi connectivity index (χ1) is 13.3. The number of nitrogens with zero attached hydrogens (tertiary/aromatic N) is 2. The Hall–Kier alpha value is -2.22. The number of aliphatic imine (C=N–C) groups is 2. The minimum atomic E-state index is 0.912. The highest BCUT2D eigenvalue weighted by Gasteiger charge is 1.96. The molecule has 2 rings (SSSR count). The average Bonchev–Trinajstić information content (AvgIpc) is 2.70. The van der Waals surface area contributed by atoms with Crippen LogP contribution in [-0.4, -0.2) is 11.9 Å². The monoisotopic (exact) mass is 362 g/mol. The van der Waals surface area contributed by atoms with Crippen LogP contribution in [0.5, 0.6) is 0 Å². The summed E-state index contributed by atoms with van der Waals surface area (Å²) in [5.74, 6) is 0. The second kappa shape index (κ2) is 13.0. The fourth-order valence-electron chi connectivity index (χ4n) is 3.11. The number of unbranched alkanes of at least 4 members (excludes halogenated alkanes) is 7. The van der Waals surface area contributed by atoms with Crippen LogP contribution in [0.2, 0.25) is 0 Å². The van der Waals surface area contributed by atoms with Crippen LogP contribution in [0, 0.1) is 0 Å². The highest BCUT2D eigenvalue weighted by atomic mass is 14.8. The van der Waals surface area contributed by atoms with E-state index in [1.54, 1.807) is 0 Å². The molecule has 0 aromatic heterocycles. The van der Waals surface area contributed by atoms with Gasteiger partial charge in [-0.05, 0) is 49.6 Å². The van der Waals surface area contributed by atoms with E-state index in [9.17, 15) is 0 Å². The molecule has 27 heavy (non-hydrogen) atoms. The van der Waals surface area contributed by atoms with Gasteiger partial charge in [0.15, 0.2) is 0 Å². The van der Waals surface area contributed by atoms with E-state index in [0.717, 1.165) is 17.1 Å². The summed E-state index contributed by atoms with van der Waals surface area (Å²) in [5, 5.41) is 0. The molecule has 0 saturated heterocycles. The van der Waals surface area contributed by atoms with Gasteiger partial charge in [-0.25, -0.2) is 0 Å². The number of para-hydroxylation sites is 1. The summed E-state index contributed by atoms with van der Waals surface area (Å²) in [6.45, 7) is 4.26. The first-order valence-electron chi connectivity index (χ1n) is 10.5. The van der Waals surface area contributed by atoms with Crippen molar-refractivity contribution in [2.75, 3.05) is 0 Å². The minimum absolute atomic E-state index is 0.912. The maximum atomic E-state index is 4.63. The largest absolute Gasteiger partial charge is 0.255 e. The third-order valence-corrected chi connectivity index (χ3v) is 4.72. The highest BCUT2D eigenvalue weighted by molar-refractivity contribution is 6.30. The third kappa shape index (κ3) is 9.33. The molecule has 0 unspecified atom stereocenters. The first-order valence-corrected chi connectivity index (χ1v) is 10.5. The van der Waals surface area contributed by atoms with Gasteiger partial charge in [-0.1, -0.05) is 82.2 Å². The summed E-state index contributed by atoms with van der Waals surface area (Å²) in [6.07, 6.45) is 14.0. The molecule has 0 aliphatic carbocycles. The molecule has 0 atom stereocenters. The van der Waals surface area contributed by atoms with Crippen molar-refractivity contribution >= 4 is 23.3 Å². The number of benzene rings is 2. The Morgan fingerprint density at radius 2 is 1.37 bits per heavy atom.